The van der Waals surface area contributed by atoms with E-state index < -0.39 is 44.3 Å². The Morgan fingerprint density at radius 1 is 1.00 bits per heavy atom. The van der Waals surface area contributed by atoms with Gasteiger partial charge in [-0.1, -0.05) is 30.3 Å². The van der Waals surface area contributed by atoms with Crippen LogP contribution < -0.4 is 4.72 Å². The predicted molar refractivity (Wildman–Crippen MR) is 93.0 cm³/mol. The number of sulfonamides is 1. The number of fused-ring (bicyclic) bond motifs is 1. The Labute approximate surface area is 163 Å². The van der Waals surface area contributed by atoms with E-state index in [0.29, 0.717) is 0 Å². The number of benzene rings is 2. The fraction of sp³-hybridized carbons (Fsp3) is 0.278. The quantitative estimate of drug-likeness (QED) is 0.752. The van der Waals surface area contributed by atoms with Crippen molar-refractivity contribution < 1.29 is 35.2 Å². The Balaban J connectivity index is 2.16. The van der Waals surface area contributed by atoms with E-state index in [1.165, 1.54) is 29.0 Å². The van der Waals surface area contributed by atoms with Crippen molar-refractivity contribution in [1.29, 1.82) is 0 Å². The van der Waals surface area contributed by atoms with E-state index in [4.69, 9.17) is 0 Å². The predicted octanol–water partition coefficient (Wildman–Crippen LogP) is 3.28. The number of rotatable bonds is 4. The molecule has 2 aromatic rings. The highest BCUT2D eigenvalue weighted by Gasteiger charge is 2.52. The minimum atomic E-state index is -5.88. The molecule has 0 fully saturated rings. The molecule has 1 heterocycles. The fourth-order valence-electron chi connectivity index (χ4n) is 3.31. The molecule has 0 bridgehead atoms. The second-order valence-corrected chi connectivity index (χ2v) is 8.25. The summed E-state index contributed by atoms with van der Waals surface area (Å²) in [5.74, 6) is -3.00. The maximum Gasteiger partial charge on any atom is 0.511 e. The van der Waals surface area contributed by atoms with Gasteiger partial charge in [0.15, 0.2) is 0 Å². The first-order chi connectivity index (χ1) is 13.4. The summed E-state index contributed by atoms with van der Waals surface area (Å²) < 4.78 is 92.6. The lowest BCUT2D eigenvalue weighted by molar-refractivity contribution is -0.0474. The van der Waals surface area contributed by atoms with Crippen LogP contribution in [0.1, 0.15) is 28.4 Å². The number of nitrogens with one attached hydrogen (secondary N) is 1. The summed E-state index contributed by atoms with van der Waals surface area (Å²) in [6.45, 7) is 0.726. The molecule has 0 spiro atoms. The third-order valence-electron chi connectivity index (χ3n) is 4.76. The highest BCUT2D eigenvalue weighted by molar-refractivity contribution is 7.90. The zero-order chi connectivity index (χ0) is 21.6. The number of hydrogen-bond acceptors (Lipinski definition) is 3. The van der Waals surface area contributed by atoms with Crippen LogP contribution in [0, 0.1) is 11.6 Å². The maximum atomic E-state index is 14.3. The number of carbonyl (C=O) groups is 1. The molecule has 5 nitrogen and oxygen atoms in total. The summed E-state index contributed by atoms with van der Waals surface area (Å²) in [4.78, 5) is 13.7. The molecular formula is C18H15F5N2O3S. The Morgan fingerprint density at radius 2 is 1.59 bits per heavy atom. The lowest BCUT2D eigenvalue weighted by Crippen LogP contribution is -2.61. The number of carbonyl (C=O) groups excluding carboxylic acids is 1. The average Bonchev–Trinajstić information content (AvgIpc) is 2.64. The molecule has 1 N–H and O–H groups in total. The summed E-state index contributed by atoms with van der Waals surface area (Å²) in [6, 6.07) is 8.66. The largest absolute Gasteiger partial charge is 0.511 e. The van der Waals surface area contributed by atoms with Crippen LogP contribution in [-0.2, 0) is 22.1 Å². The van der Waals surface area contributed by atoms with Gasteiger partial charge in [0.05, 0.1) is 5.56 Å². The van der Waals surface area contributed by atoms with E-state index in [2.05, 4.69) is 0 Å². The van der Waals surface area contributed by atoms with Gasteiger partial charge < -0.3 is 4.90 Å². The van der Waals surface area contributed by atoms with Gasteiger partial charge in [0.1, 0.15) is 17.3 Å². The van der Waals surface area contributed by atoms with Gasteiger partial charge in [0.25, 0.3) is 5.91 Å². The second kappa shape index (κ2) is 7.06. The van der Waals surface area contributed by atoms with Crippen LogP contribution in [0.5, 0.6) is 0 Å². The normalized spacial score (nSPS) is 17.0. The van der Waals surface area contributed by atoms with Crippen LogP contribution in [0.2, 0.25) is 0 Å². The first-order valence-electron chi connectivity index (χ1n) is 8.33. The first-order valence-corrected chi connectivity index (χ1v) is 9.81. The van der Waals surface area contributed by atoms with E-state index in [9.17, 15) is 35.2 Å². The van der Waals surface area contributed by atoms with E-state index in [1.54, 1.807) is 6.07 Å². The molecule has 0 radical (unpaired) electrons. The van der Waals surface area contributed by atoms with Crippen LogP contribution in [-0.4, -0.2) is 31.3 Å². The smallest absolute Gasteiger partial charge is 0.315 e. The number of hydrogen-bond donors (Lipinski definition) is 1. The van der Waals surface area contributed by atoms with Crippen molar-refractivity contribution in [2.45, 2.75) is 24.5 Å². The summed E-state index contributed by atoms with van der Waals surface area (Å²) in [7, 11) is -5.88. The molecule has 0 aromatic heterocycles. The molecule has 1 unspecified atom stereocenters. The van der Waals surface area contributed by atoms with E-state index in [0.717, 1.165) is 24.0 Å². The van der Waals surface area contributed by atoms with Gasteiger partial charge in [-0.2, -0.15) is 17.9 Å². The average molecular weight is 434 g/mol. The van der Waals surface area contributed by atoms with Crippen molar-refractivity contribution >= 4 is 15.9 Å². The van der Waals surface area contributed by atoms with Crippen LogP contribution in [0.25, 0.3) is 0 Å². The van der Waals surface area contributed by atoms with Crippen molar-refractivity contribution in [3.05, 3.63) is 70.8 Å². The summed E-state index contributed by atoms with van der Waals surface area (Å²) >= 11 is 0. The maximum absolute atomic E-state index is 14.3. The molecule has 156 valence electrons. The van der Waals surface area contributed by atoms with Crippen molar-refractivity contribution in [2.24, 2.45) is 0 Å². The molecule has 1 atom stereocenters. The molecule has 1 aliphatic heterocycles. The molecule has 1 aliphatic rings. The summed E-state index contributed by atoms with van der Waals surface area (Å²) in [5, 5.41) is 0. The molecule has 29 heavy (non-hydrogen) atoms. The zero-order valence-corrected chi connectivity index (χ0v) is 15.7. The summed E-state index contributed by atoms with van der Waals surface area (Å²) in [6.07, 6.45) is -0.208. The van der Waals surface area contributed by atoms with Crippen molar-refractivity contribution in [2.75, 3.05) is 6.54 Å². The minimum absolute atomic E-state index is 0.0152. The topological polar surface area (TPSA) is 66.5 Å². The van der Waals surface area contributed by atoms with Crippen LogP contribution in [0.4, 0.5) is 22.0 Å². The third kappa shape index (κ3) is 3.60. The van der Waals surface area contributed by atoms with Crippen molar-refractivity contribution in [3.8, 4) is 0 Å². The Kier molecular flexibility index (Phi) is 5.16. The summed E-state index contributed by atoms with van der Waals surface area (Å²) in [5.41, 5.74) is -8.67. The van der Waals surface area contributed by atoms with Gasteiger partial charge in [-0.15, -0.1) is 0 Å². The lowest BCUT2D eigenvalue weighted by Gasteiger charge is -2.44. The molecule has 11 heteroatoms. The number of halogens is 5. The monoisotopic (exact) mass is 434 g/mol. The van der Waals surface area contributed by atoms with Crippen LogP contribution in [0.3, 0.4) is 0 Å². The Bertz CT molecular complexity index is 1060. The minimum Gasteiger partial charge on any atom is -0.315 e. The highest BCUT2D eigenvalue weighted by Crippen LogP contribution is 2.35. The standard InChI is InChI=1S/C18H15F5N2O3S/c1-17(11-5-3-2-4-6-11,24-29(27,28)18(21,22)23)25-10-9-12-13(19)7-8-14(20)15(12)16(25)26/h2-8,24H,9-10H2,1H3. The van der Waals surface area contributed by atoms with Gasteiger partial charge in [-0.05, 0) is 31.0 Å². The van der Waals surface area contributed by atoms with E-state index >= 15 is 0 Å². The number of amides is 1. The number of nitrogens with zero attached hydrogens (tertiary/aromatic N) is 1. The van der Waals surface area contributed by atoms with Gasteiger partial charge in [0.2, 0.25) is 0 Å². The molecule has 0 saturated carbocycles. The number of alkyl halides is 3. The molecular weight excluding hydrogens is 419 g/mol. The molecule has 0 saturated heterocycles. The van der Waals surface area contributed by atoms with Crippen molar-refractivity contribution in [1.82, 2.24) is 9.62 Å². The first kappa shape index (κ1) is 21.2. The zero-order valence-electron chi connectivity index (χ0n) is 14.9. The highest BCUT2D eigenvalue weighted by atomic mass is 32.2. The lowest BCUT2D eigenvalue weighted by atomic mass is 9.92. The fourth-order valence-corrected chi connectivity index (χ4v) is 4.18. The van der Waals surface area contributed by atoms with Crippen LogP contribution in [0.15, 0.2) is 42.5 Å². The van der Waals surface area contributed by atoms with Gasteiger partial charge >= 0.3 is 15.5 Å². The van der Waals surface area contributed by atoms with Gasteiger partial charge in [-0.3, -0.25) is 4.79 Å². The Hall–Kier alpha value is -2.53. The molecule has 0 aliphatic carbocycles. The van der Waals surface area contributed by atoms with Crippen LogP contribution >= 0.6 is 0 Å². The van der Waals surface area contributed by atoms with E-state index in [-0.39, 0.29) is 24.1 Å². The van der Waals surface area contributed by atoms with E-state index in [1.807, 2.05) is 0 Å². The van der Waals surface area contributed by atoms with Crippen molar-refractivity contribution in [3.63, 3.8) is 0 Å². The van der Waals surface area contributed by atoms with Gasteiger partial charge in [0, 0.05) is 12.1 Å². The molecule has 3 rings (SSSR count). The molecule has 2 aromatic carbocycles. The third-order valence-corrected chi connectivity index (χ3v) is 6.04. The van der Waals surface area contributed by atoms with Gasteiger partial charge in [-0.25, -0.2) is 17.2 Å². The molecule has 1 amide bonds. The Morgan fingerprint density at radius 3 is 2.17 bits per heavy atom. The second-order valence-electron chi connectivity index (χ2n) is 6.58. The SMILES string of the molecule is CC(NS(=O)(=O)C(F)(F)F)(c1ccccc1)N1CCc2c(F)ccc(F)c2C1=O.